The molecular weight excluding hydrogens is 292 g/mol. The predicted octanol–water partition coefficient (Wildman–Crippen LogP) is 1.53. The van der Waals surface area contributed by atoms with E-state index in [1.165, 1.54) is 6.20 Å². The molecule has 0 aliphatic carbocycles. The standard InChI is InChI=1S/C17H20N4O2/c1-13-15(11-19-21(13)14-7-3-2-4-8-14)17(23)18-12-16(22)20-9-5-6-10-20/h2-4,7-8,11H,5-6,9-10,12H2,1H3,(H,18,23). The van der Waals surface area contributed by atoms with Crippen molar-refractivity contribution in [2.24, 2.45) is 0 Å². The van der Waals surface area contributed by atoms with Crippen LogP contribution in [0.15, 0.2) is 36.5 Å². The Morgan fingerprint density at radius 3 is 2.57 bits per heavy atom. The van der Waals surface area contributed by atoms with Gasteiger partial charge in [0, 0.05) is 13.1 Å². The molecule has 6 heteroatoms. The maximum Gasteiger partial charge on any atom is 0.255 e. The summed E-state index contributed by atoms with van der Waals surface area (Å²) in [6.45, 7) is 3.46. The van der Waals surface area contributed by atoms with Gasteiger partial charge in [0.25, 0.3) is 5.91 Å². The Labute approximate surface area is 135 Å². The zero-order valence-corrected chi connectivity index (χ0v) is 13.2. The largest absolute Gasteiger partial charge is 0.343 e. The van der Waals surface area contributed by atoms with Crippen molar-refractivity contribution >= 4 is 11.8 Å². The molecule has 1 aromatic heterocycles. The maximum atomic E-state index is 12.3. The Morgan fingerprint density at radius 2 is 1.87 bits per heavy atom. The lowest BCUT2D eigenvalue weighted by atomic mass is 10.2. The Bertz CT molecular complexity index is 703. The molecule has 1 fully saturated rings. The first-order valence-electron chi connectivity index (χ1n) is 7.83. The molecule has 0 saturated carbocycles. The summed E-state index contributed by atoms with van der Waals surface area (Å²) in [5, 5.41) is 6.97. The van der Waals surface area contributed by atoms with E-state index in [1.54, 1.807) is 9.58 Å². The Kier molecular flexibility index (Phi) is 4.41. The highest BCUT2D eigenvalue weighted by Crippen LogP contribution is 2.14. The fourth-order valence-electron chi connectivity index (χ4n) is 2.79. The van der Waals surface area contributed by atoms with Crippen molar-refractivity contribution in [1.82, 2.24) is 20.0 Å². The van der Waals surface area contributed by atoms with Crippen molar-refractivity contribution < 1.29 is 9.59 Å². The lowest BCUT2D eigenvalue weighted by Crippen LogP contribution is -2.38. The number of likely N-dealkylation sites (tertiary alicyclic amines) is 1. The summed E-state index contributed by atoms with van der Waals surface area (Å²) in [5.41, 5.74) is 2.14. The van der Waals surface area contributed by atoms with Crippen molar-refractivity contribution in [3.8, 4) is 5.69 Å². The van der Waals surface area contributed by atoms with Gasteiger partial charge < -0.3 is 10.2 Å². The van der Waals surface area contributed by atoms with Crippen molar-refractivity contribution in [3.05, 3.63) is 47.8 Å². The minimum atomic E-state index is -0.266. The zero-order valence-electron chi connectivity index (χ0n) is 13.2. The highest BCUT2D eigenvalue weighted by molar-refractivity contribution is 5.97. The molecule has 1 aliphatic heterocycles. The molecule has 0 unspecified atom stereocenters. The van der Waals surface area contributed by atoms with Gasteiger partial charge in [-0.2, -0.15) is 5.10 Å². The summed E-state index contributed by atoms with van der Waals surface area (Å²) >= 11 is 0. The number of hydrogen-bond acceptors (Lipinski definition) is 3. The highest BCUT2D eigenvalue weighted by Gasteiger charge is 2.20. The normalized spacial score (nSPS) is 14.0. The van der Waals surface area contributed by atoms with Gasteiger partial charge in [0.15, 0.2) is 0 Å². The van der Waals surface area contributed by atoms with Crippen LogP contribution in [-0.4, -0.2) is 46.1 Å². The van der Waals surface area contributed by atoms with Crippen molar-refractivity contribution in [1.29, 1.82) is 0 Å². The van der Waals surface area contributed by atoms with Crippen LogP contribution in [0.25, 0.3) is 5.69 Å². The fraction of sp³-hybridized carbons (Fsp3) is 0.353. The molecule has 2 aromatic rings. The van der Waals surface area contributed by atoms with E-state index >= 15 is 0 Å². The van der Waals surface area contributed by atoms with Gasteiger partial charge in [0.05, 0.1) is 29.7 Å². The molecule has 120 valence electrons. The second kappa shape index (κ2) is 6.64. The molecule has 0 spiro atoms. The van der Waals surface area contributed by atoms with E-state index in [0.29, 0.717) is 5.56 Å². The van der Waals surface area contributed by atoms with Gasteiger partial charge in [-0.25, -0.2) is 4.68 Å². The third kappa shape index (κ3) is 3.26. The monoisotopic (exact) mass is 312 g/mol. The molecule has 0 radical (unpaired) electrons. The van der Waals surface area contributed by atoms with Gasteiger partial charge in [-0.3, -0.25) is 9.59 Å². The zero-order chi connectivity index (χ0) is 16.2. The maximum absolute atomic E-state index is 12.3. The number of para-hydroxylation sites is 1. The first-order chi connectivity index (χ1) is 11.2. The lowest BCUT2D eigenvalue weighted by molar-refractivity contribution is -0.129. The molecule has 3 rings (SSSR count). The summed E-state index contributed by atoms with van der Waals surface area (Å²) in [6.07, 6.45) is 3.63. The first-order valence-corrected chi connectivity index (χ1v) is 7.83. The number of benzene rings is 1. The third-order valence-corrected chi connectivity index (χ3v) is 4.11. The van der Waals surface area contributed by atoms with E-state index in [9.17, 15) is 9.59 Å². The summed E-state index contributed by atoms with van der Waals surface area (Å²) in [5.74, 6) is -0.291. The quantitative estimate of drug-likeness (QED) is 0.931. The van der Waals surface area contributed by atoms with E-state index in [4.69, 9.17) is 0 Å². The van der Waals surface area contributed by atoms with Crippen LogP contribution in [0.1, 0.15) is 28.9 Å². The third-order valence-electron chi connectivity index (χ3n) is 4.11. The van der Waals surface area contributed by atoms with E-state index in [2.05, 4.69) is 10.4 Å². The molecule has 2 amide bonds. The van der Waals surface area contributed by atoms with E-state index < -0.39 is 0 Å². The molecule has 0 bridgehead atoms. The van der Waals surface area contributed by atoms with Crippen LogP contribution < -0.4 is 5.32 Å². The molecule has 6 nitrogen and oxygen atoms in total. The van der Waals surface area contributed by atoms with Gasteiger partial charge in [-0.15, -0.1) is 0 Å². The molecule has 1 N–H and O–H groups in total. The summed E-state index contributed by atoms with van der Waals surface area (Å²) in [7, 11) is 0. The van der Waals surface area contributed by atoms with Gasteiger partial charge in [-0.05, 0) is 31.9 Å². The minimum Gasteiger partial charge on any atom is -0.343 e. The smallest absolute Gasteiger partial charge is 0.255 e. The Hall–Kier alpha value is -2.63. The molecule has 1 aliphatic rings. The van der Waals surface area contributed by atoms with E-state index in [-0.39, 0.29) is 18.4 Å². The molecule has 1 aromatic carbocycles. The Morgan fingerprint density at radius 1 is 1.17 bits per heavy atom. The first kappa shape index (κ1) is 15.3. The summed E-state index contributed by atoms with van der Waals surface area (Å²) in [4.78, 5) is 26.1. The van der Waals surface area contributed by atoms with Crippen LogP contribution in [0.4, 0.5) is 0 Å². The molecule has 23 heavy (non-hydrogen) atoms. The minimum absolute atomic E-state index is 0.0241. The number of carbonyl (C=O) groups is 2. The topological polar surface area (TPSA) is 67.2 Å². The molecular formula is C17H20N4O2. The van der Waals surface area contributed by atoms with Crippen molar-refractivity contribution in [3.63, 3.8) is 0 Å². The number of nitrogens with zero attached hydrogens (tertiary/aromatic N) is 3. The number of rotatable bonds is 4. The lowest BCUT2D eigenvalue weighted by Gasteiger charge is -2.15. The average molecular weight is 312 g/mol. The van der Waals surface area contributed by atoms with Crippen LogP contribution in [0.5, 0.6) is 0 Å². The van der Waals surface area contributed by atoms with Crippen LogP contribution >= 0.6 is 0 Å². The Balaban J connectivity index is 1.66. The second-order valence-corrected chi connectivity index (χ2v) is 5.66. The molecule has 0 atom stereocenters. The van der Waals surface area contributed by atoms with Gasteiger partial charge in [0.1, 0.15) is 0 Å². The van der Waals surface area contributed by atoms with E-state index in [0.717, 1.165) is 37.3 Å². The average Bonchev–Trinajstić information content (AvgIpc) is 3.23. The number of amides is 2. The van der Waals surface area contributed by atoms with Crippen LogP contribution in [0.2, 0.25) is 0 Å². The number of carbonyl (C=O) groups excluding carboxylic acids is 2. The molecule has 2 heterocycles. The van der Waals surface area contributed by atoms with Crippen molar-refractivity contribution in [2.45, 2.75) is 19.8 Å². The van der Waals surface area contributed by atoms with E-state index in [1.807, 2.05) is 37.3 Å². The van der Waals surface area contributed by atoms with Crippen LogP contribution in [-0.2, 0) is 4.79 Å². The van der Waals surface area contributed by atoms with Gasteiger partial charge in [0.2, 0.25) is 5.91 Å². The fourth-order valence-corrected chi connectivity index (χ4v) is 2.79. The molecule has 1 saturated heterocycles. The number of aromatic nitrogens is 2. The number of nitrogens with one attached hydrogen (secondary N) is 1. The van der Waals surface area contributed by atoms with Crippen LogP contribution in [0.3, 0.4) is 0 Å². The summed E-state index contributed by atoms with van der Waals surface area (Å²) in [6, 6.07) is 9.63. The highest BCUT2D eigenvalue weighted by atomic mass is 16.2. The van der Waals surface area contributed by atoms with Crippen LogP contribution in [0, 0.1) is 6.92 Å². The van der Waals surface area contributed by atoms with Crippen molar-refractivity contribution in [2.75, 3.05) is 19.6 Å². The van der Waals surface area contributed by atoms with Gasteiger partial charge >= 0.3 is 0 Å². The second-order valence-electron chi connectivity index (χ2n) is 5.66. The predicted molar refractivity (Wildman–Crippen MR) is 86.4 cm³/mol. The van der Waals surface area contributed by atoms with Gasteiger partial charge in [-0.1, -0.05) is 18.2 Å². The summed E-state index contributed by atoms with van der Waals surface area (Å²) < 4.78 is 1.72. The number of hydrogen-bond donors (Lipinski definition) is 1. The SMILES string of the molecule is Cc1c(C(=O)NCC(=O)N2CCCC2)cnn1-c1ccccc1.